The van der Waals surface area contributed by atoms with Crippen LogP contribution in [0.5, 0.6) is 0 Å². The first-order valence-electron chi connectivity index (χ1n) is 6.70. The Morgan fingerprint density at radius 3 is 2.24 bits per heavy atom. The number of carbonyl (C=O) groups is 2. The highest BCUT2D eigenvalue weighted by atomic mass is 28.2. The molecule has 0 amide bonds. The molecule has 0 aromatic carbocycles. The van der Waals surface area contributed by atoms with Crippen molar-refractivity contribution >= 4 is 21.9 Å². The van der Waals surface area contributed by atoms with E-state index in [0.29, 0.717) is 6.54 Å². The Hall–Kier alpha value is -1.00. The van der Waals surface area contributed by atoms with Gasteiger partial charge in [0.05, 0.1) is 13.0 Å². The first kappa shape index (κ1) is 20.0. The maximum absolute atomic E-state index is 11.9. The van der Waals surface area contributed by atoms with Gasteiger partial charge < -0.3 is 23.7 Å². The van der Waals surface area contributed by atoms with Gasteiger partial charge in [0.1, 0.15) is 6.04 Å². The number of carboxylic acid groups (broad SMARTS) is 1. The van der Waals surface area contributed by atoms with Crippen LogP contribution < -0.4 is 0 Å². The van der Waals surface area contributed by atoms with Gasteiger partial charge in [0, 0.05) is 21.1 Å². The predicted molar refractivity (Wildman–Crippen MR) is 77.1 cm³/mol. The highest BCUT2D eigenvalue weighted by molar-refractivity contribution is 6.24. The molecule has 0 bridgehead atoms. The Bertz CT molecular complexity index is 336. The number of nitrogens with zero attached hydrogens (tertiary/aromatic N) is 1. The van der Waals surface area contributed by atoms with E-state index in [9.17, 15) is 9.59 Å². The summed E-state index contributed by atoms with van der Waals surface area (Å²) >= 11 is 0. The van der Waals surface area contributed by atoms with E-state index < -0.39 is 33.9 Å². The van der Waals surface area contributed by atoms with Crippen LogP contribution >= 0.6 is 0 Å². The number of carboxylic acids is 1. The second-order valence-corrected chi connectivity index (χ2v) is 5.67. The number of hydrogen-bond donors (Lipinski definition) is 1. The molecule has 9 heteroatoms. The number of carbonyl (C=O) groups excluding carboxylic acids is 1. The van der Waals surface area contributed by atoms with E-state index in [1.54, 1.807) is 18.4 Å². The lowest BCUT2D eigenvalue weighted by molar-refractivity contribution is -0.312. The van der Waals surface area contributed by atoms with Gasteiger partial charge in [-0.1, -0.05) is 6.92 Å². The van der Waals surface area contributed by atoms with Crippen molar-refractivity contribution in [3.05, 3.63) is 0 Å². The molecule has 0 heterocycles. The number of methoxy groups -OCH3 is 2. The summed E-state index contributed by atoms with van der Waals surface area (Å²) in [5.74, 6) is -2.83. The molecule has 0 aliphatic rings. The normalized spacial score (nSPS) is 13.8. The number of ether oxygens (including phenoxy) is 3. The van der Waals surface area contributed by atoms with Crippen molar-refractivity contribution in [2.24, 2.45) is 0 Å². The Morgan fingerprint density at radius 2 is 1.86 bits per heavy atom. The summed E-state index contributed by atoms with van der Waals surface area (Å²) in [4.78, 5) is 22.9. The predicted octanol–water partition coefficient (Wildman–Crippen LogP) is -0.303. The molecule has 0 fully saturated rings. The van der Waals surface area contributed by atoms with Crippen LogP contribution in [0.2, 0.25) is 0 Å². The van der Waals surface area contributed by atoms with Crippen LogP contribution in [0.3, 0.4) is 0 Å². The molecule has 0 saturated carbocycles. The number of rotatable bonds is 11. The quantitative estimate of drug-likeness (QED) is 0.314. The van der Waals surface area contributed by atoms with Crippen molar-refractivity contribution < 1.29 is 33.3 Å². The third kappa shape index (κ3) is 7.00. The molecular formula is C12H25NO7Si. The molecule has 8 nitrogen and oxygen atoms in total. The van der Waals surface area contributed by atoms with Crippen LogP contribution in [-0.4, -0.2) is 70.9 Å². The molecule has 0 aromatic heterocycles. The van der Waals surface area contributed by atoms with Crippen LogP contribution in [0.1, 0.15) is 27.2 Å². The Balaban J connectivity index is 4.88. The van der Waals surface area contributed by atoms with E-state index in [0.717, 1.165) is 0 Å². The molecule has 0 radical (unpaired) electrons. The lowest BCUT2D eigenvalue weighted by Gasteiger charge is -2.32. The van der Waals surface area contributed by atoms with Gasteiger partial charge in [0.15, 0.2) is 0 Å². The maximum atomic E-state index is 11.9. The van der Waals surface area contributed by atoms with Gasteiger partial charge in [-0.25, -0.2) is 0 Å². The summed E-state index contributed by atoms with van der Waals surface area (Å²) in [6, 6.07) is -0.864. The minimum absolute atomic E-state index is 0.197. The summed E-state index contributed by atoms with van der Waals surface area (Å²) in [5, 5.41) is 8.96. The molecule has 0 aliphatic heterocycles. The minimum Gasteiger partial charge on any atom is -0.481 e. The second kappa shape index (κ2) is 9.85. The second-order valence-electron chi connectivity index (χ2n) is 4.31. The Labute approximate surface area is 127 Å². The largest absolute Gasteiger partial charge is 0.481 e. The van der Waals surface area contributed by atoms with Gasteiger partial charge in [0.2, 0.25) is 9.92 Å². The molecular weight excluding hydrogens is 298 g/mol. The lowest BCUT2D eigenvalue weighted by Crippen LogP contribution is -2.49. The standard InChI is InChI=1S/C12H25NO7Si/c1-6-13(21-20-12(3,17-4)18-5)9(8-10(14)15)11(16)19-7-2/h9H,6-8,21H2,1-5H3,(H,14,15). The van der Waals surface area contributed by atoms with Crippen LogP contribution in [0.4, 0.5) is 0 Å². The fourth-order valence-corrected chi connectivity index (χ4v) is 2.85. The zero-order chi connectivity index (χ0) is 16.5. The van der Waals surface area contributed by atoms with Gasteiger partial charge in [-0.05, 0) is 13.5 Å². The number of likely N-dealkylation sites (N-methyl/N-ethyl adjacent to an activating group) is 1. The van der Waals surface area contributed by atoms with Crippen molar-refractivity contribution in [1.82, 2.24) is 4.57 Å². The summed E-state index contributed by atoms with van der Waals surface area (Å²) < 4.78 is 22.4. The van der Waals surface area contributed by atoms with E-state index >= 15 is 0 Å². The van der Waals surface area contributed by atoms with E-state index in [-0.39, 0.29) is 13.0 Å². The molecule has 21 heavy (non-hydrogen) atoms. The average Bonchev–Trinajstić information content (AvgIpc) is 2.46. The zero-order valence-corrected chi connectivity index (χ0v) is 14.7. The van der Waals surface area contributed by atoms with Crippen molar-refractivity contribution in [3.8, 4) is 0 Å². The summed E-state index contributed by atoms with van der Waals surface area (Å²) in [5.41, 5.74) is 0. The molecule has 0 spiro atoms. The van der Waals surface area contributed by atoms with E-state index in [4.69, 9.17) is 23.7 Å². The van der Waals surface area contributed by atoms with Crippen molar-refractivity contribution in [2.45, 2.75) is 39.2 Å². The van der Waals surface area contributed by atoms with Gasteiger partial charge in [-0.2, -0.15) is 0 Å². The van der Waals surface area contributed by atoms with Crippen LogP contribution in [-0.2, 0) is 28.2 Å². The van der Waals surface area contributed by atoms with Gasteiger partial charge in [0.25, 0.3) is 5.97 Å². The fraction of sp³-hybridized carbons (Fsp3) is 0.833. The molecule has 1 atom stereocenters. The highest BCUT2D eigenvalue weighted by Crippen LogP contribution is 2.13. The smallest absolute Gasteiger partial charge is 0.323 e. The molecule has 0 aliphatic carbocycles. The molecule has 0 rings (SSSR count). The van der Waals surface area contributed by atoms with E-state index in [2.05, 4.69) is 0 Å². The average molecular weight is 323 g/mol. The SMILES string of the molecule is CCOC(=O)C(CC(=O)O)N(CC)[SiH2]OC(C)(OC)OC. The van der Waals surface area contributed by atoms with Crippen molar-refractivity contribution in [2.75, 3.05) is 27.4 Å². The summed E-state index contributed by atoms with van der Waals surface area (Å²) in [6.07, 6.45) is -0.334. The van der Waals surface area contributed by atoms with Crippen LogP contribution in [0.15, 0.2) is 0 Å². The van der Waals surface area contributed by atoms with Crippen LogP contribution in [0, 0.1) is 0 Å². The first-order valence-corrected chi connectivity index (χ1v) is 7.91. The third-order valence-electron chi connectivity index (χ3n) is 3.01. The maximum Gasteiger partial charge on any atom is 0.323 e. The molecule has 0 saturated heterocycles. The Morgan fingerprint density at radius 1 is 1.29 bits per heavy atom. The van der Waals surface area contributed by atoms with Crippen molar-refractivity contribution in [1.29, 1.82) is 0 Å². The zero-order valence-electron chi connectivity index (χ0n) is 13.2. The fourth-order valence-electron chi connectivity index (χ4n) is 1.57. The van der Waals surface area contributed by atoms with Crippen molar-refractivity contribution in [3.63, 3.8) is 0 Å². The highest BCUT2D eigenvalue weighted by Gasteiger charge is 2.32. The van der Waals surface area contributed by atoms with Gasteiger partial charge >= 0.3 is 11.9 Å². The lowest BCUT2D eigenvalue weighted by atomic mass is 10.2. The first-order chi connectivity index (χ1) is 9.83. The molecule has 0 aromatic rings. The summed E-state index contributed by atoms with van der Waals surface area (Å²) in [7, 11) is 1.45. The summed E-state index contributed by atoms with van der Waals surface area (Å²) in [6.45, 7) is 5.76. The monoisotopic (exact) mass is 323 g/mol. The number of hydrogen-bond acceptors (Lipinski definition) is 7. The topological polar surface area (TPSA) is 94.5 Å². The number of aliphatic carboxylic acids is 1. The third-order valence-corrected chi connectivity index (χ3v) is 4.88. The number of esters is 1. The van der Waals surface area contributed by atoms with Gasteiger partial charge in [-0.3, -0.25) is 14.2 Å². The van der Waals surface area contributed by atoms with E-state index in [1.165, 1.54) is 14.2 Å². The molecule has 124 valence electrons. The molecule has 1 N–H and O–H groups in total. The minimum atomic E-state index is -1.43. The van der Waals surface area contributed by atoms with E-state index in [1.807, 2.05) is 6.92 Å². The molecule has 1 unspecified atom stereocenters. The van der Waals surface area contributed by atoms with Gasteiger partial charge in [-0.15, -0.1) is 0 Å². The Kier molecular flexibility index (Phi) is 9.38. The van der Waals surface area contributed by atoms with Crippen LogP contribution in [0.25, 0.3) is 0 Å².